The number of aliphatic hydroxyl groups excluding tert-OH is 4. The molecule has 0 heterocycles. The molecule has 83 valence electrons. The molecular weight excluding hydrogens is 223 g/mol. The Hall–Kier alpha value is -0.220. The zero-order chi connectivity index (χ0) is 11.5. The van der Waals surface area contributed by atoms with Gasteiger partial charge in [-0.25, -0.2) is 9.59 Å². The summed E-state index contributed by atoms with van der Waals surface area (Å²) in [5.41, 5.74) is 0. The van der Waals surface area contributed by atoms with Crippen LogP contribution in [0.25, 0.3) is 0 Å². The molecule has 0 bridgehead atoms. The molecule has 0 aromatic heterocycles. The minimum Gasteiger partial charge on any atom is -0.479 e. The van der Waals surface area contributed by atoms with E-state index in [-0.39, 0.29) is 29.6 Å². The third kappa shape index (κ3) is 4.89. The SMILES string of the molecule is O=C(O)[C@@H](O)[C@@H](O)[C@H](O)[C@@H](O)C(=O)O.[Na]. The van der Waals surface area contributed by atoms with Gasteiger partial charge in [0.05, 0.1) is 0 Å². The fraction of sp³-hybridized carbons (Fsp3) is 0.667. The van der Waals surface area contributed by atoms with Gasteiger partial charge in [0.2, 0.25) is 0 Å². The Morgan fingerprint density at radius 2 is 0.933 bits per heavy atom. The van der Waals surface area contributed by atoms with Crippen LogP contribution in [-0.4, -0.2) is 96.6 Å². The van der Waals surface area contributed by atoms with Gasteiger partial charge < -0.3 is 30.6 Å². The number of aliphatic carboxylic acids is 2. The van der Waals surface area contributed by atoms with Crippen LogP contribution >= 0.6 is 0 Å². The van der Waals surface area contributed by atoms with Gasteiger partial charge in [-0.3, -0.25) is 0 Å². The second-order valence-corrected chi connectivity index (χ2v) is 2.55. The molecular formula is C6H10NaO8. The maximum atomic E-state index is 10.1. The van der Waals surface area contributed by atoms with E-state index in [2.05, 4.69) is 0 Å². The van der Waals surface area contributed by atoms with Gasteiger partial charge in [-0.2, -0.15) is 0 Å². The number of hydrogen-bond donors (Lipinski definition) is 6. The molecule has 0 aliphatic heterocycles. The Morgan fingerprint density at radius 3 is 1.07 bits per heavy atom. The first kappa shape index (κ1) is 17.2. The quantitative estimate of drug-likeness (QED) is 0.264. The second kappa shape index (κ2) is 7.12. The van der Waals surface area contributed by atoms with Crippen LogP contribution in [0.1, 0.15) is 0 Å². The molecule has 8 nitrogen and oxygen atoms in total. The van der Waals surface area contributed by atoms with E-state index in [1.165, 1.54) is 0 Å². The summed E-state index contributed by atoms with van der Waals surface area (Å²) in [7, 11) is 0. The molecule has 4 atom stereocenters. The first-order valence-corrected chi connectivity index (χ1v) is 3.47. The van der Waals surface area contributed by atoms with Crippen molar-refractivity contribution in [2.45, 2.75) is 24.4 Å². The van der Waals surface area contributed by atoms with Crippen LogP contribution < -0.4 is 0 Å². The third-order valence-corrected chi connectivity index (χ3v) is 1.50. The number of aliphatic hydroxyl groups is 4. The average Bonchev–Trinajstić information content (AvgIpc) is 2.12. The summed E-state index contributed by atoms with van der Waals surface area (Å²) in [6.07, 6.45) is -9.28. The van der Waals surface area contributed by atoms with E-state index in [0.29, 0.717) is 0 Å². The van der Waals surface area contributed by atoms with E-state index in [9.17, 15) is 9.59 Å². The van der Waals surface area contributed by atoms with Crippen molar-refractivity contribution in [1.29, 1.82) is 0 Å². The van der Waals surface area contributed by atoms with Gasteiger partial charge in [-0.15, -0.1) is 0 Å². The van der Waals surface area contributed by atoms with Crippen molar-refractivity contribution in [2.75, 3.05) is 0 Å². The Morgan fingerprint density at radius 1 is 0.733 bits per heavy atom. The standard InChI is InChI=1S/C6H10O8.Na/c7-1(3(9)5(11)12)2(8)4(10)6(13)14;/h1-4,7-10H,(H,11,12)(H,13,14);/t1-,2-,3-,4+;/m0./s1. The molecule has 0 aliphatic carbocycles. The van der Waals surface area contributed by atoms with Crippen LogP contribution in [0.2, 0.25) is 0 Å². The van der Waals surface area contributed by atoms with Gasteiger partial charge >= 0.3 is 11.9 Å². The summed E-state index contributed by atoms with van der Waals surface area (Å²) in [5, 5.41) is 51.5. The zero-order valence-electron chi connectivity index (χ0n) is 7.81. The van der Waals surface area contributed by atoms with Gasteiger partial charge in [0.1, 0.15) is 12.2 Å². The molecule has 0 unspecified atom stereocenters. The predicted molar refractivity (Wildman–Crippen MR) is 45.1 cm³/mol. The maximum Gasteiger partial charge on any atom is 0.335 e. The summed E-state index contributed by atoms with van der Waals surface area (Å²) in [6.45, 7) is 0. The van der Waals surface area contributed by atoms with Crippen LogP contribution in [0.5, 0.6) is 0 Å². The van der Waals surface area contributed by atoms with Crippen molar-refractivity contribution in [1.82, 2.24) is 0 Å². The molecule has 0 aromatic carbocycles. The van der Waals surface area contributed by atoms with Crippen LogP contribution in [0.4, 0.5) is 0 Å². The van der Waals surface area contributed by atoms with E-state index in [1.54, 1.807) is 0 Å². The van der Waals surface area contributed by atoms with Crippen molar-refractivity contribution in [2.24, 2.45) is 0 Å². The Balaban J connectivity index is 0. The molecule has 0 amide bonds. The van der Waals surface area contributed by atoms with Gasteiger partial charge in [-0.1, -0.05) is 0 Å². The summed E-state index contributed by atoms with van der Waals surface area (Å²) in [4.78, 5) is 20.2. The molecule has 9 heteroatoms. The zero-order valence-corrected chi connectivity index (χ0v) is 9.81. The van der Waals surface area contributed by atoms with E-state index >= 15 is 0 Å². The summed E-state index contributed by atoms with van der Waals surface area (Å²) in [6, 6.07) is 0. The van der Waals surface area contributed by atoms with Crippen molar-refractivity contribution in [3.05, 3.63) is 0 Å². The summed E-state index contributed by atoms with van der Waals surface area (Å²) in [5.74, 6) is -3.68. The van der Waals surface area contributed by atoms with Crippen molar-refractivity contribution >= 4 is 41.5 Å². The monoisotopic (exact) mass is 233 g/mol. The second-order valence-electron chi connectivity index (χ2n) is 2.55. The Kier molecular flexibility index (Phi) is 8.16. The van der Waals surface area contributed by atoms with Crippen LogP contribution in [0.15, 0.2) is 0 Å². The number of carboxylic acid groups (broad SMARTS) is 2. The van der Waals surface area contributed by atoms with Gasteiger partial charge in [0, 0.05) is 29.6 Å². The first-order chi connectivity index (χ1) is 6.29. The summed E-state index contributed by atoms with van der Waals surface area (Å²) < 4.78 is 0. The smallest absolute Gasteiger partial charge is 0.335 e. The van der Waals surface area contributed by atoms with E-state index < -0.39 is 36.4 Å². The fourth-order valence-corrected chi connectivity index (χ4v) is 0.666. The molecule has 15 heavy (non-hydrogen) atoms. The molecule has 1 radical (unpaired) electrons. The van der Waals surface area contributed by atoms with E-state index in [1.807, 2.05) is 0 Å². The minimum atomic E-state index is -2.36. The van der Waals surface area contributed by atoms with Gasteiger partial charge in [-0.05, 0) is 0 Å². The first-order valence-electron chi connectivity index (χ1n) is 3.47. The predicted octanol–water partition coefficient (Wildman–Crippen LogP) is -3.78. The van der Waals surface area contributed by atoms with Crippen LogP contribution in [0, 0.1) is 0 Å². The topological polar surface area (TPSA) is 156 Å². The fourth-order valence-electron chi connectivity index (χ4n) is 0.666. The molecule has 0 saturated heterocycles. The summed E-state index contributed by atoms with van der Waals surface area (Å²) >= 11 is 0. The molecule has 0 spiro atoms. The maximum absolute atomic E-state index is 10.1. The number of carbonyl (C=O) groups is 2. The van der Waals surface area contributed by atoms with E-state index in [0.717, 1.165) is 0 Å². The van der Waals surface area contributed by atoms with Gasteiger partial charge in [0.25, 0.3) is 0 Å². The molecule has 0 rings (SSSR count). The third-order valence-electron chi connectivity index (χ3n) is 1.50. The Labute approximate surface area is 106 Å². The number of hydrogen-bond acceptors (Lipinski definition) is 6. The average molecular weight is 233 g/mol. The molecule has 6 N–H and O–H groups in total. The minimum absolute atomic E-state index is 0. The normalized spacial score (nSPS) is 18.1. The van der Waals surface area contributed by atoms with Crippen molar-refractivity contribution < 1.29 is 40.2 Å². The molecule has 0 aliphatic rings. The van der Waals surface area contributed by atoms with Crippen LogP contribution in [-0.2, 0) is 9.59 Å². The van der Waals surface area contributed by atoms with Crippen molar-refractivity contribution in [3.8, 4) is 0 Å². The molecule has 0 fully saturated rings. The Bertz CT molecular complexity index is 207. The van der Waals surface area contributed by atoms with Crippen molar-refractivity contribution in [3.63, 3.8) is 0 Å². The largest absolute Gasteiger partial charge is 0.479 e. The van der Waals surface area contributed by atoms with E-state index in [4.69, 9.17) is 30.6 Å². The molecule has 0 saturated carbocycles. The van der Waals surface area contributed by atoms with Gasteiger partial charge in [0.15, 0.2) is 12.2 Å². The van der Waals surface area contributed by atoms with Crippen LogP contribution in [0.3, 0.4) is 0 Å². The molecule has 0 aromatic rings. The number of carboxylic acids is 2. The number of rotatable bonds is 5.